The molecule has 5 heteroatoms. The second-order valence-corrected chi connectivity index (χ2v) is 7.98. The average Bonchev–Trinajstić information content (AvgIpc) is 3.26. The molecule has 0 amide bonds. The van der Waals surface area contributed by atoms with Gasteiger partial charge in [-0.25, -0.2) is 4.79 Å². The number of hydrogen-bond acceptors (Lipinski definition) is 4. The molecule has 1 aliphatic carbocycles. The zero-order valence-corrected chi connectivity index (χ0v) is 16.4. The zero-order chi connectivity index (χ0) is 19.5. The van der Waals surface area contributed by atoms with Gasteiger partial charge in [0.1, 0.15) is 5.75 Å². The number of hydrogen-bond donors (Lipinski definition) is 1. The molecule has 1 unspecified atom stereocenters. The molecule has 1 aromatic heterocycles. The van der Waals surface area contributed by atoms with E-state index in [1.807, 2.05) is 0 Å². The Hall–Kier alpha value is -2.56. The molecule has 1 aliphatic heterocycles. The highest BCUT2D eigenvalue weighted by Gasteiger charge is 2.25. The lowest BCUT2D eigenvalue weighted by Gasteiger charge is -2.30. The molecule has 1 N–H and O–H groups in total. The highest BCUT2D eigenvalue weighted by Crippen LogP contribution is 2.39. The standard InChI is InChI=1S/C23H28N2O3/c1-25(18-4-2-3-5-18)19-8-9-20-16(11-13-28-22(20)14-19)6-7-17-15-24-12-10-21(17)23(26)27/h8-10,12,14-16,18H,2-7,11,13H2,1H3,(H,26,27). The first-order valence-electron chi connectivity index (χ1n) is 10.3. The van der Waals surface area contributed by atoms with Crippen LogP contribution in [0.3, 0.4) is 0 Å². The summed E-state index contributed by atoms with van der Waals surface area (Å²) >= 11 is 0. The number of carboxylic acids is 1. The molecule has 1 saturated carbocycles. The maximum atomic E-state index is 11.4. The molecular formula is C23H28N2O3. The number of anilines is 1. The van der Waals surface area contributed by atoms with Crippen LogP contribution in [0.25, 0.3) is 0 Å². The highest BCUT2D eigenvalue weighted by atomic mass is 16.5. The van der Waals surface area contributed by atoms with Gasteiger partial charge in [-0.05, 0) is 61.3 Å². The number of fused-ring (bicyclic) bond motifs is 1. The minimum Gasteiger partial charge on any atom is -0.493 e. The van der Waals surface area contributed by atoms with Crippen molar-refractivity contribution in [2.24, 2.45) is 0 Å². The van der Waals surface area contributed by atoms with Crippen LogP contribution >= 0.6 is 0 Å². The van der Waals surface area contributed by atoms with Gasteiger partial charge >= 0.3 is 5.97 Å². The van der Waals surface area contributed by atoms with Crippen molar-refractivity contribution in [1.29, 1.82) is 0 Å². The quantitative estimate of drug-likeness (QED) is 0.790. The van der Waals surface area contributed by atoms with Crippen LogP contribution in [-0.2, 0) is 6.42 Å². The Morgan fingerprint density at radius 2 is 2.07 bits per heavy atom. The number of carboxylic acid groups (broad SMARTS) is 1. The zero-order valence-electron chi connectivity index (χ0n) is 16.4. The largest absolute Gasteiger partial charge is 0.493 e. The first kappa shape index (κ1) is 18.8. The lowest BCUT2D eigenvalue weighted by molar-refractivity contribution is 0.0695. The first-order valence-corrected chi connectivity index (χ1v) is 10.3. The molecule has 2 aliphatic rings. The third-order valence-corrected chi connectivity index (χ3v) is 6.34. The topological polar surface area (TPSA) is 62.7 Å². The number of ether oxygens (including phenoxy) is 1. The SMILES string of the molecule is CN(c1ccc2c(c1)OCCC2CCc1cnccc1C(=O)O)C1CCCC1. The minimum atomic E-state index is -0.885. The van der Waals surface area contributed by atoms with Crippen LogP contribution in [0.1, 0.15) is 65.9 Å². The summed E-state index contributed by atoms with van der Waals surface area (Å²) in [5, 5.41) is 9.38. The van der Waals surface area contributed by atoms with E-state index in [2.05, 4.69) is 35.1 Å². The highest BCUT2D eigenvalue weighted by molar-refractivity contribution is 5.89. The second kappa shape index (κ2) is 8.21. The molecule has 1 fully saturated rings. The molecule has 1 aromatic carbocycles. The predicted octanol–water partition coefficient (Wildman–Crippen LogP) is 4.66. The lowest BCUT2D eigenvalue weighted by Crippen LogP contribution is -2.29. The summed E-state index contributed by atoms with van der Waals surface area (Å²) in [7, 11) is 2.19. The van der Waals surface area contributed by atoms with Crippen LogP contribution in [-0.4, -0.2) is 35.8 Å². The third kappa shape index (κ3) is 3.84. The Kier molecular flexibility index (Phi) is 5.51. The van der Waals surface area contributed by atoms with Gasteiger partial charge in [0.05, 0.1) is 12.2 Å². The number of benzene rings is 1. The number of aromatic carboxylic acids is 1. The number of nitrogens with zero attached hydrogens (tertiary/aromatic N) is 2. The van der Waals surface area contributed by atoms with Gasteiger partial charge in [-0.2, -0.15) is 0 Å². The smallest absolute Gasteiger partial charge is 0.336 e. The number of rotatable bonds is 6. The van der Waals surface area contributed by atoms with Crippen LogP contribution in [0.2, 0.25) is 0 Å². The van der Waals surface area contributed by atoms with Gasteiger partial charge in [0, 0.05) is 37.2 Å². The molecule has 148 valence electrons. The fraction of sp³-hybridized carbons (Fsp3) is 0.478. The maximum absolute atomic E-state index is 11.4. The van der Waals surface area contributed by atoms with Crippen molar-refractivity contribution in [3.8, 4) is 5.75 Å². The molecule has 0 saturated heterocycles. The van der Waals surface area contributed by atoms with E-state index in [0.717, 1.165) is 24.2 Å². The summed E-state index contributed by atoms with van der Waals surface area (Å²) in [5.41, 5.74) is 3.64. The summed E-state index contributed by atoms with van der Waals surface area (Å²) < 4.78 is 5.99. The number of aryl methyl sites for hydroxylation is 1. The number of carbonyl (C=O) groups is 1. The Morgan fingerprint density at radius 1 is 1.25 bits per heavy atom. The number of pyridine rings is 1. The summed E-state index contributed by atoms with van der Waals surface area (Å²) in [6.45, 7) is 0.715. The Balaban J connectivity index is 1.49. The molecular weight excluding hydrogens is 352 g/mol. The van der Waals surface area contributed by atoms with Crippen LogP contribution in [0.5, 0.6) is 5.75 Å². The van der Waals surface area contributed by atoms with Crippen LogP contribution in [0.4, 0.5) is 5.69 Å². The van der Waals surface area contributed by atoms with Crippen LogP contribution < -0.4 is 9.64 Å². The van der Waals surface area contributed by atoms with Crippen molar-refractivity contribution >= 4 is 11.7 Å². The predicted molar refractivity (Wildman–Crippen MR) is 109 cm³/mol. The van der Waals surface area contributed by atoms with E-state index in [9.17, 15) is 9.90 Å². The van der Waals surface area contributed by atoms with Crippen molar-refractivity contribution in [2.45, 2.75) is 56.9 Å². The van der Waals surface area contributed by atoms with Gasteiger partial charge in [0.15, 0.2) is 0 Å². The molecule has 2 aromatic rings. The van der Waals surface area contributed by atoms with Crippen molar-refractivity contribution in [2.75, 3.05) is 18.6 Å². The van der Waals surface area contributed by atoms with E-state index < -0.39 is 5.97 Å². The summed E-state index contributed by atoms with van der Waals surface area (Å²) in [6, 6.07) is 8.83. The van der Waals surface area contributed by atoms with Gasteiger partial charge in [0.25, 0.3) is 0 Å². The van der Waals surface area contributed by atoms with Crippen molar-refractivity contribution in [3.63, 3.8) is 0 Å². The van der Waals surface area contributed by atoms with Crippen molar-refractivity contribution in [3.05, 3.63) is 53.3 Å². The van der Waals surface area contributed by atoms with E-state index >= 15 is 0 Å². The fourth-order valence-electron chi connectivity index (χ4n) is 4.64. The lowest BCUT2D eigenvalue weighted by atomic mass is 9.87. The third-order valence-electron chi connectivity index (χ3n) is 6.34. The van der Waals surface area contributed by atoms with Crippen LogP contribution in [0.15, 0.2) is 36.7 Å². The van der Waals surface area contributed by atoms with Crippen molar-refractivity contribution in [1.82, 2.24) is 4.98 Å². The average molecular weight is 380 g/mol. The van der Waals surface area contributed by atoms with Crippen molar-refractivity contribution < 1.29 is 14.6 Å². The van der Waals surface area contributed by atoms with Crippen LogP contribution in [0, 0.1) is 0 Å². The van der Waals surface area contributed by atoms with E-state index in [1.165, 1.54) is 36.9 Å². The van der Waals surface area contributed by atoms with Gasteiger partial charge in [0.2, 0.25) is 0 Å². The molecule has 1 atom stereocenters. The number of aromatic nitrogens is 1. The molecule has 4 rings (SSSR count). The molecule has 0 radical (unpaired) electrons. The molecule has 5 nitrogen and oxygen atoms in total. The van der Waals surface area contributed by atoms with E-state index in [-0.39, 0.29) is 0 Å². The summed E-state index contributed by atoms with van der Waals surface area (Å²) in [5.74, 6) is 0.490. The molecule has 0 bridgehead atoms. The maximum Gasteiger partial charge on any atom is 0.336 e. The van der Waals surface area contributed by atoms with Gasteiger partial charge in [-0.3, -0.25) is 4.98 Å². The fourth-order valence-corrected chi connectivity index (χ4v) is 4.64. The van der Waals surface area contributed by atoms with E-state index in [4.69, 9.17) is 4.74 Å². The minimum absolute atomic E-state index is 0.357. The van der Waals surface area contributed by atoms with E-state index in [0.29, 0.717) is 30.6 Å². The summed E-state index contributed by atoms with van der Waals surface area (Å²) in [6.07, 6.45) is 11.0. The Bertz CT molecular complexity index is 845. The molecule has 2 heterocycles. The molecule has 0 spiro atoms. The second-order valence-electron chi connectivity index (χ2n) is 7.98. The van der Waals surface area contributed by atoms with Gasteiger partial charge in [-0.1, -0.05) is 18.9 Å². The van der Waals surface area contributed by atoms with Gasteiger partial charge < -0.3 is 14.7 Å². The normalized spacial score (nSPS) is 19.1. The monoisotopic (exact) mass is 380 g/mol. The Morgan fingerprint density at radius 3 is 2.86 bits per heavy atom. The first-order chi connectivity index (χ1) is 13.6. The van der Waals surface area contributed by atoms with E-state index in [1.54, 1.807) is 18.5 Å². The Labute approximate surface area is 166 Å². The van der Waals surface area contributed by atoms with Gasteiger partial charge in [-0.15, -0.1) is 0 Å². The summed E-state index contributed by atoms with van der Waals surface area (Å²) in [4.78, 5) is 17.9. The molecule has 28 heavy (non-hydrogen) atoms.